The van der Waals surface area contributed by atoms with Gasteiger partial charge in [-0.2, -0.15) is 0 Å². The summed E-state index contributed by atoms with van der Waals surface area (Å²) in [5, 5.41) is 3.03. The highest BCUT2D eigenvalue weighted by Crippen LogP contribution is 1.91. The first kappa shape index (κ1) is 8.93. The van der Waals surface area contributed by atoms with Crippen molar-refractivity contribution in [3.63, 3.8) is 0 Å². The summed E-state index contributed by atoms with van der Waals surface area (Å²) in [7, 11) is 0. The van der Waals surface area contributed by atoms with E-state index in [9.17, 15) is 0 Å². The fourth-order valence-corrected chi connectivity index (χ4v) is 0.770. The zero-order valence-corrected chi connectivity index (χ0v) is 7.16. The third-order valence-corrected chi connectivity index (χ3v) is 1.30. The van der Waals surface area contributed by atoms with Crippen molar-refractivity contribution < 1.29 is 4.74 Å². The van der Waals surface area contributed by atoms with E-state index < -0.39 is 0 Å². The lowest BCUT2D eigenvalue weighted by atomic mass is 10.6. The summed E-state index contributed by atoms with van der Waals surface area (Å²) in [6, 6.07) is 1.79. The van der Waals surface area contributed by atoms with Gasteiger partial charge in [-0.25, -0.2) is 9.97 Å². The minimum Gasteiger partial charge on any atom is -0.380 e. The van der Waals surface area contributed by atoms with Gasteiger partial charge >= 0.3 is 0 Å². The first-order valence-corrected chi connectivity index (χ1v) is 4.02. The molecule has 0 aliphatic carbocycles. The van der Waals surface area contributed by atoms with Crippen LogP contribution in [0.5, 0.6) is 0 Å². The van der Waals surface area contributed by atoms with Crippen LogP contribution in [0.3, 0.4) is 0 Å². The third-order valence-electron chi connectivity index (χ3n) is 1.30. The van der Waals surface area contributed by atoms with E-state index in [1.54, 1.807) is 18.5 Å². The Morgan fingerprint density at radius 3 is 2.83 bits per heavy atom. The summed E-state index contributed by atoms with van der Waals surface area (Å²) < 4.78 is 5.14. The van der Waals surface area contributed by atoms with Crippen molar-refractivity contribution in [2.45, 2.75) is 6.92 Å². The van der Waals surface area contributed by atoms with Crippen LogP contribution in [0.15, 0.2) is 18.5 Å². The van der Waals surface area contributed by atoms with Crippen molar-refractivity contribution in [2.75, 3.05) is 25.1 Å². The molecule has 12 heavy (non-hydrogen) atoms. The van der Waals surface area contributed by atoms with Gasteiger partial charge in [0.1, 0.15) is 0 Å². The maximum atomic E-state index is 5.14. The smallest absolute Gasteiger partial charge is 0.222 e. The van der Waals surface area contributed by atoms with Gasteiger partial charge in [-0.1, -0.05) is 0 Å². The van der Waals surface area contributed by atoms with Crippen molar-refractivity contribution in [3.8, 4) is 0 Å². The molecule has 1 heterocycles. The predicted molar refractivity (Wildman–Crippen MR) is 47.0 cm³/mol. The van der Waals surface area contributed by atoms with E-state index in [0.717, 1.165) is 13.2 Å². The van der Waals surface area contributed by atoms with Crippen molar-refractivity contribution in [2.24, 2.45) is 0 Å². The van der Waals surface area contributed by atoms with Gasteiger partial charge in [-0.05, 0) is 13.0 Å². The molecule has 0 spiro atoms. The van der Waals surface area contributed by atoms with E-state index in [-0.39, 0.29) is 0 Å². The first-order chi connectivity index (χ1) is 5.93. The lowest BCUT2D eigenvalue weighted by molar-refractivity contribution is 0.158. The number of ether oxygens (including phenoxy) is 1. The van der Waals surface area contributed by atoms with E-state index in [4.69, 9.17) is 4.74 Å². The average Bonchev–Trinajstić information content (AvgIpc) is 2.14. The molecule has 0 amide bonds. The zero-order chi connectivity index (χ0) is 8.65. The quantitative estimate of drug-likeness (QED) is 0.662. The normalized spacial score (nSPS) is 9.75. The van der Waals surface area contributed by atoms with Crippen LogP contribution in [0.4, 0.5) is 5.95 Å². The summed E-state index contributed by atoms with van der Waals surface area (Å²) in [6.45, 7) is 4.16. The van der Waals surface area contributed by atoms with Crippen LogP contribution in [0.25, 0.3) is 0 Å². The van der Waals surface area contributed by atoms with Gasteiger partial charge in [-0.15, -0.1) is 0 Å². The minimum atomic E-state index is 0.650. The summed E-state index contributed by atoms with van der Waals surface area (Å²) >= 11 is 0. The monoisotopic (exact) mass is 167 g/mol. The number of hydrogen-bond donors (Lipinski definition) is 1. The Morgan fingerprint density at radius 1 is 1.42 bits per heavy atom. The number of aromatic nitrogens is 2. The predicted octanol–water partition coefficient (Wildman–Crippen LogP) is 0.925. The molecule has 66 valence electrons. The van der Waals surface area contributed by atoms with E-state index in [2.05, 4.69) is 15.3 Å². The van der Waals surface area contributed by atoms with Gasteiger partial charge in [0.05, 0.1) is 6.61 Å². The molecule has 0 unspecified atom stereocenters. The van der Waals surface area contributed by atoms with Crippen LogP contribution >= 0.6 is 0 Å². The number of rotatable bonds is 5. The second kappa shape index (κ2) is 5.49. The van der Waals surface area contributed by atoms with Gasteiger partial charge in [0.25, 0.3) is 0 Å². The van der Waals surface area contributed by atoms with Gasteiger partial charge in [0, 0.05) is 25.5 Å². The lowest BCUT2D eigenvalue weighted by Crippen LogP contribution is -2.10. The number of hydrogen-bond acceptors (Lipinski definition) is 4. The van der Waals surface area contributed by atoms with Crippen molar-refractivity contribution in [1.29, 1.82) is 0 Å². The third kappa shape index (κ3) is 3.30. The lowest BCUT2D eigenvalue weighted by Gasteiger charge is -2.02. The minimum absolute atomic E-state index is 0.650. The van der Waals surface area contributed by atoms with Crippen LogP contribution in [0, 0.1) is 0 Å². The standard InChI is InChI=1S/C8H13N3O/c1-2-12-7-6-11-8-9-4-3-5-10-8/h3-5H,2,6-7H2,1H3,(H,9,10,11). The molecule has 0 saturated carbocycles. The molecule has 0 radical (unpaired) electrons. The van der Waals surface area contributed by atoms with Crippen LogP contribution in [-0.2, 0) is 4.74 Å². The Balaban J connectivity index is 2.16. The van der Waals surface area contributed by atoms with Gasteiger partial charge in [0.15, 0.2) is 0 Å². The Morgan fingerprint density at radius 2 is 2.17 bits per heavy atom. The van der Waals surface area contributed by atoms with Crippen LogP contribution in [0.1, 0.15) is 6.92 Å². The molecule has 0 aliphatic heterocycles. The maximum absolute atomic E-state index is 5.14. The number of anilines is 1. The molecule has 0 saturated heterocycles. The first-order valence-electron chi connectivity index (χ1n) is 4.02. The molecule has 0 aromatic carbocycles. The van der Waals surface area contributed by atoms with Gasteiger partial charge < -0.3 is 10.1 Å². The van der Waals surface area contributed by atoms with Crippen molar-refractivity contribution in [1.82, 2.24) is 9.97 Å². The van der Waals surface area contributed by atoms with E-state index >= 15 is 0 Å². The fraction of sp³-hybridized carbons (Fsp3) is 0.500. The highest BCUT2D eigenvalue weighted by Gasteiger charge is 1.90. The van der Waals surface area contributed by atoms with Gasteiger partial charge in [-0.3, -0.25) is 0 Å². The Kier molecular flexibility index (Phi) is 4.08. The zero-order valence-electron chi connectivity index (χ0n) is 7.16. The molecule has 4 heteroatoms. The topological polar surface area (TPSA) is 47.0 Å². The molecule has 1 rings (SSSR count). The summed E-state index contributed by atoms with van der Waals surface area (Å²) in [5.41, 5.74) is 0. The Bertz CT molecular complexity index is 203. The number of nitrogens with one attached hydrogen (secondary N) is 1. The SMILES string of the molecule is CCOCCNc1ncccn1. The van der Waals surface area contributed by atoms with Crippen molar-refractivity contribution >= 4 is 5.95 Å². The molecule has 0 atom stereocenters. The molecule has 1 aromatic rings. The maximum Gasteiger partial charge on any atom is 0.222 e. The fourth-order valence-electron chi connectivity index (χ4n) is 0.770. The summed E-state index contributed by atoms with van der Waals surface area (Å²) in [5.74, 6) is 0.650. The molecule has 0 fully saturated rings. The van der Waals surface area contributed by atoms with Crippen LogP contribution < -0.4 is 5.32 Å². The Labute approximate surface area is 72.0 Å². The molecule has 1 aromatic heterocycles. The molecule has 0 bridgehead atoms. The van der Waals surface area contributed by atoms with Crippen molar-refractivity contribution in [3.05, 3.63) is 18.5 Å². The van der Waals surface area contributed by atoms with Crippen LogP contribution in [0.2, 0.25) is 0 Å². The molecule has 1 N–H and O–H groups in total. The van der Waals surface area contributed by atoms with Gasteiger partial charge in [0.2, 0.25) is 5.95 Å². The van der Waals surface area contributed by atoms with E-state index in [0.29, 0.717) is 12.6 Å². The van der Waals surface area contributed by atoms with Crippen LogP contribution in [-0.4, -0.2) is 29.7 Å². The largest absolute Gasteiger partial charge is 0.380 e. The highest BCUT2D eigenvalue weighted by molar-refractivity contribution is 5.21. The average molecular weight is 167 g/mol. The molecule has 0 aliphatic rings. The molecular formula is C8H13N3O. The highest BCUT2D eigenvalue weighted by atomic mass is 16.5. The molecular weight excluding hydrogens is 154 g/mol. The number of nitrogens with zero attached hydrogens (tertiary/aromatic N) is 2. The van der Waals surface area contributed by atoms with E-state index in [1.807, 2.05) is 6.92 Å². The Hall–Kier alpha value is -1.16. The second-order valence-electron chi connectivity index (χ2n) is 2.20. The van der Waals surface area contributed by atoms with E-state index in [1.165, 1.54) is 0 Å². The molecule has 4 nitrogen and oxygen atoms in total. The summed E-state index contributed by atoms with van der Waals surface area (Å²) in [6.07, 6.45) is 3.41. The summed E-state index contributed by atoms with van der Waals surface area (Å²) in [4.78, 5) is 8.00. The second-order valence-corrected chi connectivity index (χ2v) is 2.20.